The first-order valence-electron chi connectivity index (χ1n) is 18.4. The molecule has 0 aliphatic carbocycles. The van der Waals surface area contributed by atoms with Gasteiger partial charge in [-0.25, -0.2) is 16.8 Å². The molecule has 0 aromatic heterocycles. The van der Waals surface area contributed by atoms with Crippen LogP contribution in [0.2, 0.25) is 0 Å². The average Bonchev–Trinajstić information content (AvgIpc) is 3.02. The van der Waals surface area contributed by atoms with Gasteiger partial charge in [-0.2, -0.15) is 0 Å². The number of carbonyl (C=O) groups excluding carboxylic acids is 2. The predicted molar refractivity (Wildman–Crippen MR) is 201 cm³/mol. The van der Waals surface area contributed by atoms with Gasteiger partial charge >= 0.3 is 37.7 Å². The third kappa shape index (κ3) is 43.6. The number of amides is 2. The van der Waals surface area contributed by atoms with Gasteiger partial charge in [-0.15, -0.1) is 0 Å². The molecule has 0 spiro atoms. The van der Waals surface area contributed by atoms with Crippen molar-refractivity contribution in [2.75, 3.05) is 38.7 Å². The van der Waals surface area contributed by atoms with Crippen LogP contribution in [0.1, 0.15) is 155 Å². The van der Waals surface area contributed by atoms with E-state index >= 15 is 0 Å². The van der Waals surface area contributed by atoms with Crippen molar-refractivity contribution in [3.8, 4) is 0 Å². The molecular weight excluding hydrogens is 693 g/mol. The Morgan fingerprint density at radius 3 is 1.06 bits per heavy atom. The van der Waals surface area contributed by atoms with E-state index in [1.807, 2.05) is 12.2 Å². The minimum absolute atomic E-state index is 0. The van der Waals surface area contributed by atoms with Crippen LogP contribution in [0.4, 0.5) is 0 Å². The van der Waals surface area contributed by atoms with Gasteiger partial charge in [0, 0.05) is 38.7 Å². The molecule has 0 saturated heterocycles. The Kier molecular flexibility index (Phi) is 38.7. The quantitative estimate of drug-likeness (QED) is 0.0319. The molecule has 0 aliphatic heterocycles. The molecule has 284 valence electrons. The standard InChI is InChI=1S/2C18H35NO4S.Ca/c2*1-3-4-5-6-7-8-9-10-11-12-15-18(20)19(2)16-13-14-17-24(21,22)23;/h2*12,15H,3-11,13-14,16-17H2,1-2H3,(H,21,22,23);/q;;+2/p-2/b2*15-12+;. The summed E-state index contributed by atoms with van der Waals surface area (Å²) < 4.78 is 62.9. The molecule has 0 unspecified atom stereocenters. The van der Waals surface area contributed by atoms with Crippen molar-refractivity contribution in [3.63, 3.8) is 0 Å². The van der Waals surface area contributed by atoms with Crippen molar-refractivity contribution in [3.05, 3.63) is 24.3 Å². The number of hydrogen-bond donors (Lipinski definition) is 0. The number of unbranched alkanes of at least 4 members (excludes halogenated alkanes) is 18. The molecule has 0 radical (unpaired) electrons. The number of nitrogens with zero attached hydrogens (tertiary/aromatic N) is 2. The summed E-state index contributed by atoms with van der Waals surface area (Å²) in [4.78, 5) is 26.8. The van der Waals surface area contributed by atoms with Crippen molar-refractivity contribution in [1.82, 2.24) is 9.80 Å². The molecule has 0 saturated carbocycles. The largest absolute Gasteiger partial charge is 2.00 e. The van der Waals surface area contributed by atoms with E-state index in [0.717, 1.165) is 25.7 Å². The number of allylic oxidation sites excluding steroid dienone is 2. The summed E-state index contributed by atoms with van der Waals surface area (Å²) in [7, 11) is -4.91. The zero-order valence-electron chi connectivity index (χ0n) is 31.4. The Morgan fingerprint density at radius 1 is 0.490 bits per heavy atom. The topological polar surface area (TPSA) is 155 Å². The van der Waals surface area contributed by atoms with E-state index < -0.39 is 20.2 Å². The second kappa shape index (κ2) is 35.9. The van der Waals surface area contributed by atoms with Crippen LogP contribution in [0.25, 0.3) is 0 Å². The Bertz CT molecular complexity index is 983. The molecule has 10 nitrogen and oxygen atoms in total. The Labute approximate surface area is 330 Å². The Morgan fingerprint density at radius 2 is 0.776 bits per heavy atom. The maximum Gasteiger partial charge on any atom is 2.00 e. The van der Waals surface area contributed by atoms with Crippen LogP contribution < -0.4 is 0 Å². The predicted octanol–water partition coefficient (Wildman–Crippen LogP) is 7.33. The smallest absolute Gasteiger partial charge is 0.748 e. The summed E-state index contributed by atoms with van der Waals surface area (Å²) in [6, 6.07) is 0. The third-order valence-corrected chi connectivity index (χ3v) is 9.58. The monoisotopic (exact) mass is 760 g/mol. The van der Waals surface area contributed by atoms with Crippen molar-refractivity contribution >= 4 is 69.8 Å². The summed E-state index contributed by atoms with van der Waals surface area (Å²) in [5, 5.41) is 0. The molecule has 0 atom stereocenters. The number of hydrogen-bond acceptors (Lipinski definition) is 8. The van der Waals surface area contributed by atoms with E-state index in [4.69, 9.17) is 0 Å². The van der Waals surface area contributed by atoms with Gasteiger partial charge in [0.1, 0.15) is 0 Å². The van der Waals surface area contributed by atoms with Crippen LogP contribution in [-0.4, -0.2) is 124 Å². The van der Waals surface area contributed by atoms with Crippen molar-refractivity contribution in [1.29, 1.82) is 0 Å². The van der Waals surface area contributed by atoms with Crippen LogP contribution >= 0.6 is 0 Å². The van der Waals surface area contributed by atoms with E-state index in [1.165, 1.54) is 89.9 Å². The van der Waals surface area contributed by atoms with Gasteiger partial charge in [0.25, 0.3) is 0 Å². The fourth-order valence-corrected chi connectivity index (χ4v) is 6.01. The van der Waals surface area contributed by atoms with E-state index in [-0.39, 0.29) is 61.1 Å². The normalized spacial score (nSPS) is 11.7. The zero-order chi connectivity index (χ0) is 36.5. The summed E-state index contributed by atoms with van der Waals surface area (Å²) in [6.45, 7) is 5.39. The van der Waals surface area contributed by atoms with Gasteiger partial charge in [-0.05, 0) is 63.5 Å². The summed E-state index contributed by atoms with van der Waals surface area (Å²) in [6.07, 6.45) is 30.9. The molecule has 0 N–H and O–H groups in total. The molecule has 0 aliphatic rings. The van der Waals surface area contributed by atoms with Crippen molar-refractivity contribution < 1.29 is 35.5 Å². The van der Waals surface area contributed by atoms with Crippen molar-refractivity contribution in [2.24, 2.45) is 0 Å². The number of rotatable bonds is 30. The van der Waals surface area contributed by atoms with Gasteiger partial charge in [0.15, 0.2) is 0 Å². The summed E-state index contributed by atoms with van der Waals surface area (Å²) in [5.41, 5.74) is 0. The van der Waals surface area contributed by atoms with Gasteiger partial charge < -0.3 is 18.9 Å². The molecule has 2 amide bonds. The molecule has 0 aromatic rings. The first-order chi connectivity index (χ1) is 22.7. The van der Waals surface area contributed by atoms with Crippen LogP contribution in [-0.2, 0) is 29.8 Å². The van der Waals surface area contributed by atoms with E-state index in [1.54, 1.807) is 36.0 Å². The molecule has 0 bridgehead atoms. The number of likely N-dealkylation sites (N-methyl/N-ethyl adjacent to an activating group) is 2. The fraction of sp³-hybridized carbons (Fsp3) is 0.833. The second-order valence-electron chi connectivity index (χ2n) is 12.8. The minimum Gasteiger partial charge on any atom is -0.748 e. The first kappa shape index (κ1) is 52.9. The molecular formula is C36H68CaN2O8S2. The third-order valence-electron chi connectivity index (χ3n) is 8.00. The van der Waals surface area contributed by atoms with E-state index in [9.17, 15) is 35.5 Å². The maximum atomic E-state index is 11.8. The fourth-order valence-electron chi connectivity index (χ4n) is 4.89. The van der Waals surface area contributed by atoms with Crippen LogP contribution in [0.3, 0.4) is 0 Å². The Balaban J connectivity index is -0.000000846. The van der Waals surface area contributed by atoms with Crippen LogP contribution in [0.15, 0.2) is 24.3 Å². The average molecular weight is 761 g/mol. The van der Waals surface area contributed by atoms with Gasteiger partial charge in [0.05, 0.1) is 20.2 Å². The van der Waals surface area contributed by atoms with Crippen molar-refractivity contribution in [2.45, 2.75) is 155 Å². The first-order valence-corrected chi connectivity index (χ1v) is 21.6. The van der Waals surface area contributed by atoms with E-state index in [0.29, 0.717) is 38.8 Å². The molecule has 0 rings (SSSR count). The molecule has 0 heterocycles. The van der Waals surface area contributed by atoms with Gasteiger partial charge in [-0.1, -0.05) is 116 Å². The summed E-state index contributed by atoms with van der Waals surface area (Å²) in [5.74, 6) is -0.855. The molecule has 0 fully saturated rings. The van der Waals surface area contributed by atoms with E-state index in [2.05, 4.69) is 13.8 Å². The Hall–Kier alpha value is -0.500. The summed E-state index contributed by atoms with van der Waals surface area (Å²) >= 11 is 0. The number of carbonyl (C=O) groups is 2. The zero-order valence-corrected chi connectivity index (χ0v) is 35.2. The van der Waals surface area contributed by atoms with Gasteiger partial charge in [-0.3, -0.25) is 9.59 Å². The molecule has 13 heteroatoms. The molecule has 0 aromatic carbocycles. The second-order valence-corrected chi connectivity index (χ2v) is 15.8. The maximum absolute atomic E-state index is 11.8. The SMILES string of the molecule is CCCCCCCCCC/C=C/C(=O)N(C)CCCCS(=O)(=O)[O-].CCCCCCCCCC/C=C/C(=O)N(C)CCCCS(=O)(=O)[O-].[Ca+2]. The van der Waals surface area contributed by atoms with Gasteiger partial charge in [0.2, 0.25) is 11.8 Å². The molecule has 49 heavy (non-hydrogen) atoms. The van der Waals surface area contributed by atoms with Crippen LogP contribution in [0, 0.1) is 0 Å². The van der Waals surface area contributed by atoms with Crippen LogP contribution in [0.5, 0.6) is 0 Å². The minimum atomic E-state index is -4.14.